The zero-order valence-corrected chi connectivity index (χ0v) is 12.4. The van der Waals surface area contributed by atoms with Crippen molar-refractivity contribution in [2.45, 2.75) is 30.0 Å². The van der Waals surface area contributed by atoms with E-state index in [9.17, 15) is 18.0 Å². The van der Waals surface area contributed by atoms with Gasteiger partial charge >= 0.3 is 5.97 Å². The maximum absolute atomic E-state index is 11.9. The Morgan fingerprint density at radius 1 is 1.42 bits per heavy atom. The first-order valence-corrected chi connectivity index (χ1v) is 8.17. The number of carbonyl (C=O) groups is 2. The monoisotopic (exact) mass is 305 g/mol. The van der Waals surface area contributed by atoms with Crippen molar-refractivity contribution in [3.05, 3.63) is 17.0 Å². The Bertz CT molecular complexity index is 604. The first-order chi connectivity index (χ1) is 8.60. The minimum absolute atomic E-state index is 0.0752. The van der Waals surface area contributed by atoms with Crippen LogP contribution in [0.2, 0.25) is 0 Å². The van der Waals surface area contributed by atoms with Crippen molar-refractivity contribution in [3.8, 4) is 0 Å². The number of rotatable bonds is 5. The third-order valence-corrected chi connectivity index (χ3v) is 5.64. The Hall–Kier alpha value is -1.41. The van der Waals surface area contributed by atoms with Crippen LogP contribution in [0.1, 0.15) is 29.9 Å². The molecule has 1 heterocycles. The van der Waals surface area contributed by atoms with E-state index in [1.54, 1.807) is 6.92 Å². The number of amides is 1. The maximum atomic E-state index is 11.9. The predicted molar refractivity (Wildman–Crippen MR) is 71.2 cm³/mol. The molecule has 2 N–H and O–H groups in total. The number of hydrogen-bond acceptors (Lipinski definition) is 5. The topological polar surface area (TPSA) is 101 Å². The lowest BCUT2D eigenvalue weighted by atomic mass is 9.99. The van der Waals surface area contributed by atoms with Gasteiger partial charge in [-0.15, -0.1) is 11.3 Å². The van der Waals surface area contributed by atoms with E-state index in [0.717, 1.165) is 17.6 Å². The van der Waals surface area contributed by atoms with Crippen LogP contribution in [0.15, 0.2) is 16.3 Å². The summed E-state index contributed by atoms with van der Waals surface area (Å²) in [5, 5.41) is 11.5. The summed E-state index contributed by atoms with van der Waals surface area (Å²) >= 11 is 0.818. The molecule has 6 nitrogen and oxygen atoms in total. The molecule has 0 fully saturated rings. The van der Waals surface area contributed by atoms with Gasteiger partial charge in [0.2, 0.25) is 0 Å². The standard InChI is InChI=1S/C11H15NO5S2/c1-4-11(2,10(14)15)12-9(13)7-5-6-8(18-7)19(3,16)17/h5-6H,4H2,1-3H3,(H,12,13)(H,14,15). The summed E-state index contributed by atoms with van der Waals surface area (Å²) in [7, 11) is -3.36. The van der Waals surface area contributed by atoms with Crippen LogP contribution in [0.25, 0.3) is 0 Å². The van der Waals surface area contributed by atoms with Gasteiger partial charge in [-0.3, -0.25) is 4.79 Å². The summed E-state index contributed by atoms with van der Waals surface area (Å²) in [4.78, 5) is 23.1. The number of carbonyl (C=O) groups excluding carboxylic acids is 1. The summed E-state index contributed by atoms with van der Waals surface area (Å²) in [6.45, 7) is 3.04. The van der Waals surface area contributed by atoms with Crippen molar-refractivity contribution in [3.63, 3.8) is 0 Å². The Morgan fingerprint density at radius 3 is 2.37 bits per heavy atom. The highest BCUT2D eigenvalue weighted by atomic mass is 32.2. The lowest BCUT2D eigenvalue weighted by Gasteiger charge is -2.24. The Labute approximate surface area is 115 Å². The molecule has 0 spiro atoms. The van der Waals surface area contributed by atoms with Gasteiger partial charge in [-0.05, 0) is 25.5 Å². The molecular formula is C11H15NO5S2. The highest BCUT2D eigenvalue weighted by molar-refractivity contribution is 7.92. The van der Waals surface area contributed by atoms with E-state index in [1.807, 2.05) is 0 Å². The largest absolute Gasteiger partial charge is 0.480 e. The number of carboxylic acids is 1. The Kier molecular flexibility index (Phi) is 4.36. The fourth-order valence-electron chi connectivity index (χ4n) is 1.25. The molecule has 0 aliphatic heterocycles. The van der Waals surface area contributed by atoms with Gasteiger partial charge in [0, 0.05) is 6.26 Å². The number of hydrogen-bond donors (Lipinski definition) is 2. The van der Waals surface area contributed by atoms with Crippen molar-refractivity contribution in [2.24, 2.45) is 0 Å². The van der Waals surface area contributed by atoms with Crippen LogP contribution in [0, 0.1) is 0 Å². The van der Waals surface area contributed by atoms with E-state index in [4.69, 9.17) is 5.11 Å². The molecule has 19 heavy (non-hydrogen) atoms. The number of nitrogens with one attached hydrogen (secondary N) is 1. The summed E-state index contributed by atoms with van der Waals surface area (Å²) in [5.41, 5.74) is -1.37. The molecule has 0 saturated carbocycles. The molecule has 106 valence electrons. The fourth-order valence-corrected chi connectivity index (χ4v) is 3.07. The van der Waals surface area contributed by atoms with Crippen LogP contribution in [0.4, 0.5) is 0 Å². The quantitative estimate of drug-likeness (QED) is 0.849. The maximum Gasteiger partial charge on any atom is 0.329 e. The molecule has 8 heteroatoms. The molecule has 0 bridgehead atoms. The smallest absolute Gasteiger partial charge is 0.329 e. The molecule has 0 aromatic carbocycles. The van der Waals surface area contributed by atoms with Crippen molar-refractivity contribution in [1.82, 2.24) is 5.32 Å². The second kappa shape index (κ2) is 5.30. The Balaban J connectivity index is 2.97. The summed E-state index contributed by atoms with van der Waals surface area (Å²) in [6, 6.07) is 2.70. The molecule has 0 aliphatic rings. The van der Waals surface area contributed by atoms with Crippen LogP contribution in [0.5, 0.6) is 0 Å². The van der Waals surface area contributed by atoms with Crippen LogP contribution < -0.4 is 5.32 Å². The number of aliphatic carboxylic acids is 1. The van der Waals surface area contributed by atoms with E-state index in [2.05, 4.69) is 5.32 Å². The molecule has 1 amide bonds. The number of carboxylic acid groups (broad SMARTS) is 1. The first kappa shape index (κ1) is 15.6. The minimum atomic E-state index is -3.36. The summed E-state index contributed by atoms with van der Waals surface area (Å²) < 4.78 is 22.7. The Morgan fingerprint density at radius 2 is 2.00 bits per heavy atom. The van der Waals surface area contributed by atoms with E-state index in [0.29, 0.717) is 0 Å². The first-order valence-electron chi connectivity index (χ1n) is 5.46. The molecule has 0 aliphatic carbocycles. The van der Waals surface area contributed by atoms with Crippen LogP contribution in [-0.4, -0.2) is 37.2 Å². The van der Waals surface area contributed by atoms with Gasteiger partial charge in [-0.25, -0.2) is 13.2 Å². The normalized spacial score (nSPS) is 14.7. The molecule has 1 unspecified atom stereocenters. The number of thiophene rings is 1. The van der Waals surface area contributed by atoms with Crippen LogP contribution in [-0.2, 0) is 14.6 Å². The molecule has 1 aromatic heterocycles. The minimum Gasteiger partial charge on any atom is -0.480 e. The fraction of sp³-hybridized carbons (Fsp3) is 0.455. The zero-order chi connectivity index (χ0) is 14.8. The second-order valence-corrected chi connectivity index (χ2v) is 7.66. The second-order valence-electron chi connectivity index (χ2n) is 4.34. The van der Waals surface area contributed by atoms with Crippen molar-refractivity contribution in [1.29, 1.82) is 0 Å². The van der Waals surface area contributed by atoms with Gasteiger partial charge in [0.15, 0.2) is 9.84 Å². The molecule has 1 rings (SSSR count). The SMILES string of the molecule is CCC(C)(NC(=O)c1ccc(S(C)(=O)=O)s1)C(=O)O. The van der Waals surface area contributed by atoms with Gasteiger partial charge in [0.25, 0.3) is 5.91 Å². The zero-order valence-electron chi connectivity index (χ0n) is 10.8. The van der Waals surface area contributed by atoms with E-state index >= 15 is 0 Å². The molecule has 0 saturated heterocycles. The van der Waals surface area contributed by atoms with Gasteiger partial charge in [0.1, 0.15) is 9.75 Å². The predicted octanol–water partition coefficient (Wildman–Crippen LogP) is 1.13. The highest BCUT2D eigenvalue weighted by Gasteiger charge is 2.33. The van der Waals surface area contributed by atoms with Crippen LogP contribution in [0.3, 0.4) is 0 Å². The third-order valence-electron chi connectivity index (χ3n) is 2.74. The third kappa shape index (κ3) is 3.54. The van der Waals surface area contributed by atoms with Gasteiger partial charge < -0.3 is 10.4 Å². The summed E-state index contributed by atoms with van der Waals surface area (Å²) in [6.07, 6.45) is 1.27. The lowest BCUT2D eigenvalue weighted by molar-refractivity contribution is -0.143. The van der Waals surface area contributed by atoms with E-state index < -0.39 is 27.3 Å². The van der Waals surface area contributed by atoms with Crippen molar-refractivity contribution < 1.29 is 23.1 Å². The molecular weight excluding hydrogens is 290 g/mol. The van der Waals surface area contributed by atoms with Gasteiger partial charge in [-0.1, -0.05) is 6.92 Å². The molecule has 1 aromatic rings. The average molecular weight is 305 g/mol. The van der Waals surface area contributed by atoms with Crippen LogP contribution >= 0.6 is 11.3 Å². The van der Waals surface area contributed by atoms with Crippen molar-refractivity contribution in [2.75, 3.05) is 6.26 Å². The highest BCUT2D eigenvalue weighted by Crippen LogP contribution is 2.22. The van der Waals surface area contributed by atoms with Gasteiger partial charge in [0.05, 0.1) is 4.88 Å². The van der Waals surface area contributed by atoms with E-state index in [1.165, 1.54) is 19.1 Å². The van der Waals surface area contributed by atoms with Crippen molar-refractivity contribution >= 4 is 33.1 Å². The van der Waals surface area contributed by atoms with Gasteiger partial charge in [-0.2, -0.15) is 0 Å². The van der Waals surface area contributed by atoms with E-state index in [-0.39, 0.29) is 15.5 Å². The lowest BCUT2D eigenvalue weighted by Crippen LogP contribution is -2.51. The summed E-state index contributed by atoms with van der Waals surface area (Å²) in [5.74, 6) is -1.73. The molecule has 0 radical (unpaired) electrons. The number of sulfone groups is 1. The molecule has 1 atom stereocenters. The average Bonchev–Trinajstić information content (AvgIpc) is 2.77.